The number of fused-ring (bicyclic) bond motifs is 1. The number of urea groups is 1. The van der Waals surface area contributed by atoms with Crippen molar-refractivity contribution in [1.82, 2.24) is 10.2 Å². The van der Waals surface area contributed by atoms with Crippen molar-refractivity contribution >= 4 is 6.03 Å². The highest BCUT2D eigenvalue weighted by Gasteiger charge is 2.34. The van der Waals surface area contributed by atoms with Crippen LogP contribution >= 0.6 is 0 Å². The summed E-state index contributed by atoms with van der Waals surface area (Å²) in [4.78, 5) is 12.8. The highest BCUT2D eigenvalue weighted by Crippen LogP contribution is 2.22. The fourth-order valence-electron chi connectivity index (χ4n) is 1.46. The summed E-state index contributed by atoms with van der Waals surface area (Å²) in [6, 6.07) is 0.719. The van der Waals surface area contributed by atoms with Crippen LogP contribution in [0.25, 0.3) is 0 Å². The molecular formula is C6H10N2O. The first-order valence-corrected chi connectivity index (χ1v) is 3.42. The number of nitrogens with zero attached hydrogens (tertiary/aromatic N) is 1. The Kier molecular flexibility index (Phi) is 0.917. The minimum Gasteiger partial charge on any atom is -0.338 e. The Morgan fingerprint density at radius 3 is 2.89 bits per heavy atom. The van der Waals surface area contributed by atoms with Gasteiger partial charge in [-0.3, -0.25) is 0 Å². The number of hydrogen-bond acceptors (Lipinski definition) is 1. The van der Waals surface area contributed by atoms with E-state index < -0.39 is 0 Å². The standard InChI is InChI=1S/C6H10N2O/c9-6-7-3-1-5-2-4-8(5)6/h5H,1-4H2,(H,7,9). The van der Waals surface area contributed by atoms with E-state index in [0.717, 1.165) is 19.5 Å². The zero-order valence-electron chi connectivity index (χ0n) is 5.26. The van der Waals surface area contributed by atoms with E-state index in [-0.39, 0.29) is 6.03 Å². The van der Waals surface area contributed by atoms with Crippen molar-refractivity contribution < 1.29 is 4.79 Å². The topological polar surface area (TPSA) is 32.3 Å². The number of nitrogens with one attached hydrogen (secondary N) is 1. The number of carbonyl (C=O) groups excluding carboxylic acids is 1. The van der Waals surface area contributed by atoms with Crippen LogP contribution in [0, 0.1) is 0 Å². The SMILES string of the molecule is O=C1NCCC2CCN12. The molecule has 0 saturated carbocycles. The Morgan fingerprint density at radius 1 is 1.56 bits per heavy atom. The van der Waals surface area contributed by atoms with Crippen LogP contribution in [0.3, 0.4) is 0 Å². The summed E-state index contributed by atoms with van der Waals surface area (Å²) in [6.45, 7) is 1.84. The van der Waals surface area contributed by atoms with Crippen LogP contribution in [0.15, 0.2) is 0 Å². The van der Waals surface area contributed by atoms with Gasteiger partial charge in [-0.05, 0) is 12.8 Å². The Hall–Kier alpha value is -0.730. The van der Waals surface area contributed by atoms with Gasteiger partial charge >= 0.3 is 6.03 Å². The van der Waals surface area contributed by atoms with Crippen molar-refractivity contribution in [3.8, 4) is 0 Å². The van der Waals surface area contributed by atoms with Crippen LogP contribution in [0.4, 0.5) is 4.79 Å². The van der Waals surface area contributed by atoms with E-state index >= 15 is 0 Å². The van der Waals surface area contributed by atoms with Crippen molar-refractivity contribution in [3.05, 3.63) is 0 Å². The van der Waals surface area contributed by atoms with E-state index in [0.29, 0.717) is 6.04 Å². The third-order valence-corrected chi connectivity index (χ3v) is 2.16. The average Bonchev–Trinajstić information content (AvgIpc) is 1.74. The van der Waals surface area contributed by atoms with Gasteiger partial charge in [0.25, 0.3) is 0 Å². The predicted octanol–water partition coefficient (Wildman–Crippen LogP) is 0.174. The molecule has 0 aromatic rings. The van der Waals surface area contributed by atoms with E-state index in [1.165, 1.54) is 6.42 Å². The van der Waals surface area contributed by atoms with Gasteiger partial charge in [0.05, 0.1) is 0 Å². The molecule has 2 rings (SSSR count). The first kappa shape index (κ1) is 5.09. The molecule has 0 bridgehead atoms. The molecular weight excluding hydrogens is 116 g/mol. The lowest BCUT2D eigenvalue weighted by Gasteiger charge is -2.44. The lowest BCUT2D eigenvalue weighted by molar-refractivity contribution is 0.0922. The monoisotopic (exact) mass is 126 g/mol. The van der Waals surface area contributed by atoms with E-state index in [1.807, 2.05) is 4.90 Å². The lowest BCUT2D eigenvalue weighted by Crippen LogP contribution is -2.59. The normalized spacial score (nSPS) is 32.7. The number of amides is 2. The highest BCUT2D eigenvalue weighted by atomic mass is 16.2. The molecule has 2 saturated heterocycles. The zero-order valence-corrected chi connectivity index (χ0v) is 5.26. The molecule has 9 heavy (non-hydrogen) atoms. The van der Waals surface area contributed by atoms with Gasteiger partial charge in [0.1, 0.15) is 0 Å². The Labute approximate surface area is 54.0 Å². The quantitative estimate of drug-likeness (QED) is 0.493. The van der Waals surface area contributed by atoms with Crippen LogP contribution in [-0.4, -0.2) is 30.1 Å². The van der Waals surface area contributed by atoms with Gasteiger partial charge < -0.3 is 10.2 Å². The summed E-state index contributed by atoms with van der Waals surface area (Å²) in [5, 5.41) is 2.80. The summed E-state index contributed by atoms with van der Waals surface area (Å²) in [6.07, 6.45) is 2.36. The summed E-state index contributed by atoms with van der Waals surface area (Å²) in [7, 11) is 0. The third kappa shape index (κ3) is 0.605. The van der Waals surface area contributed by atoms with Crippen molar-refractivity contribution in [2.24, 2.45) is 0 Å². The molecule has 1 N–H and O–H groups in total. The second-order valence-electron chi connectivity index (χ2n) is 2.66. The maximum atomic E-state index is 10.9. The van der Waals surface area contributed by atoms with Crippen LogP contribution in [0.5, 0.6) is 0 Å². The maximum absolute atomic E-state index is 10.9. The molecule has 0 aromatic heterocycles. The molecule has 2 aliphatic rings. The first-order valence-electron chi connectivity index (χ1n) is 3.42. The fraction of sp³-hybridized carbons (Fsp3) is 0.833. The zero-order chi connectivity index (χ0) is 6.27. The largest absolute Gasteiger partial charge is 0.338 e. The maximum Gasteiger partial charge on any atom is 0.317 e. The molecule has 3 nitrogen and oxygen atoms in total. The summed E-state index contributed by atoms with van der Waals surface area (Å²) < 4.78 is 0. The smallest absolute Gasteiger partial charge is 0.317 e. The Bertz CT molecular complexity index is 146. The van der Waals surface area contributed by atoms with Crippen molar-refractivity contribution in [2.45, 2.75) is 18.9 Å². The summed E-state index contributed by atoms with van der Waals surface area (Å²) in [5.41, 5.74) is 0. The minimum absolute atomic E-state index is 0.137. The summed E-state index contributed by atoms with van der Waals surface area (Å²) in [5.74, 6) is 0. The average molecular weight is 126 g/mol. The highest BCUT2D eigenvalue weighted by molar-refractivity contribution is 5.76. The van der Waals surface area contributed by atoms with E-state index in [9.17, 15) is 4.79 Å². The number of hydrogen-bond donors (Lipinski definition) is 1. The van der Waals surface area contributed by atoms with Crippen LogP contribution in [0.1, 0.15) is 12.8 Å². The number of rotatable bonds is 0. The van der Waals surface area contributed by atoms with Gasteiger partial charge in [-0.15, -0.1) is 0 Å². The van der Waals surface area contributed by atoms with Gasteiger partial charge in [-0.25, -0.2) is 4.79 Å². The van der Waals surface area contributed by atoms with Gasteiger partial charge in [0, 0.05) is 19.1 Å². The molecule has 1 atom stereocenters. The molecule has 1 unspecified atom stereocenters. The van der Waals surface area contributed by atoms with Gasteiger partial charge in [-0.1, -0.05) is 0 Å². The van der Waals surface area contributed by atoms with Crippen molar-refractivity contribution in [1.29, 1.82) is 0 Å². The number of carbonyl (C=O) groups is 1. The van der Waals surface area contributed by atoms with Crippen molar-refractivity contribution in [2.75, 3.05) is 13.1 Å². The van der Waals surface area contributed by atoms with Gasteiger partial charge in [-0.2, -0.15) is 0 Å². The van der Waals surface area contributed by atoms with Gasteiger partial charge in [0.2, 0.25) is 0 Å². The van der Waals surface area contributed by atoms with E-state index in [4.69, 9.17) is 0 Å². The van der Waals surface area contributed by atoms with Crippen LogP contribution < -0.4 is 5.32 Å². The molecule has 0 aliphatic carbocycles. The third-order valence-electron chi connectivity index (χ3n) is 2.16. The predicted molar refractivity (Wildman–Crippen MR) is 33.1 cm³/mol. The Balaban J connectivity index is 2.06. The molecule has 2 amide bonds. The van der Waals surface area contributed by atoms with E-state index in [1.54, 1.807) is 0 Å². The van der Waals surface area contributed by atoms with Crippen LogP contribution in [-0.2, 0) is 0 Å². The molecule has 0 aromatic carbocycles. The molecule has 2 aliphatic heterocycles. The second-order valence-corrected chi connectivity index (χ2v) is 2.66. The summed E-state index contributed by atoms with van der Waals surface area (Å²) >= 11 is 0. The minimum atomic E-state index is 0.137. The molecule has 0 spiro atoms. The second kappa shape index (κ2) is 1.62. The fourth-order valence-corrected chi connectivity index (χ4v) is 1.46. The molecule has 2 heterocycles. The Morgan fingerprint density at radius 2 is 2.44 bits per heavy atom. The van der Waals surface area contributed by atoms with Crippen LogP contribution in [0.2, 0.25) is 0 Å². The van der Waals surface area contributed by atoms with E-state index in [2.05, 4.69) is 5.32 Å². The molecule has 0 radical (unpaired) electrons. The lowest BCUT2D eigenvalue weighted by atomic mass is 9.98. The van der Waals surface area contributed by atoms with Gasteiger partial charge in [0.15, 0.2) is 0 Å². The van der Waals surface area contributed by atoms with Crippen molar-refractivity contribution in [3.63, 3.8) is 0 Å². The molecule has 2 fully saturated rings. The first-order chi connectivity index (χ1) is 4.38. The molecule has 50 valence electrons. The molecule has 3 heteroatoms.